The van der Waals surface area contributed by atoms with Crippen LogP contribution < -0.4 is 10.2 Å². The molecule has 5 heteroatoms. The number of nitrogens with one attached hydrogen (secondary N) is 1. The van der Waals surface area contributed by atoms with Crippen LogP contribution in [0, 0.1) is 23.4 Å². The van der Waals surface area contributed by atoms with Gasteiger partial charge in [0, 0.05) is 37.3 Å². The lowest BCUT2D eigenvalue weighted by Gasteiger charge is -2.43. The Balaban J connectivity index is 2.40. The maximum atomic E-state index is 14.0. The Morgan fingerprint density at radius 2 is 2.00 bits per heavy atom. The molecule has 20 heavy (non-hydrogen) atoms. The number of anilines is 1. The SMILES string of the molecule is CCC1CN(c2cc(F)cc(F)c2F)C(C(C)C)CN1. The van der Waals surface area contributed by atoms with E-state index in [0.717, 1.165) is 12.5 Å². The highest BCUT2D eigenvalue weighted by Crippen LogP contribution is 2.29. The van der Waals surface area contributed by atoms with Gasteiger partial charge in [0.05, 0.1) is 5.69 Å². The monoisotopic (exact) mass is 286 g/mol. The predicted molar refractivity (Wildman–Crippen MR) is 74.4 cm³/mol. The van der Waals surface area contributed by atoms with Crippen LogP contribution in [-0.4, -0.2) is 25.2 Å². The second kappa shape index (κ2) is 6.04. The summed E-state index contributed by atoms with van der Waals surface area (Å²) < 4.78 is 40.9. The molecule has 1 saturated heterocycles. The lowest BCUT2D eigenvalue weighted by atomic mass is 9.96. The van der Waals surface area contributed by atoms with Crippen molar-refractivity contribution in [2.24, 2.45) is 5.92 Å². The number of rotatable bonds is 3. The molecular formula is C15H21F3N2. The molecule has 2 atom stereocenters. The van der Waals surface area contributed by atoms with E-state index in [9.17, 15) is 13.2 Å². The molecule has 1 heterocycles. The minimum absolute atomic E-state index is 0.0218. The average molecular weight is 286 g/mol. The van der Waals surface area contributed by atoms with Gasteiger partial charge in [-0.1, -0.05) is 20.8 Å². The van der Waals surface area contributed by atoms with E-state index in [1.54, 1.807) is 4.90 Å². The van der Waals surface area contributed by atoms with Gasteiger partial charge in [-0.3, -0.25) is 0 Å². The standard InChI is InChI=1S/C15H21F3N2/c1-4-11-8-20(14(7-19-11)9(2)3)13-6-10(16)5-12(17)15(13)18/h5-6,9,11,14,19H,4,7-8H2,1-3H3. The van der Waals surface area contributed by atoms with Crippen molar-refractivity contribution in [3.8, 4) is 0 Å². The molecule has 112 valence electrons. The van der Waals surface area contributed by atoms with Crippen molar-refractivity contribution < 1.29 is 13.2 Å². The van der Waals surface area contributed by atoms with Crippen LogP contribution in [0.1, 0.15) is 27.2 Å². The number of halogens is 3. The van der Waals surface area contributed by atoms with Gasteiger partial charge in [-0.25, -0.2) is 13.2 Å². The van der Waals surface area contributed by atoms with Gasteiger partial charge in [0.2, 0.25) is 0 Å². The molecule has 2 rings (SSSR count). The van der Waals surface area contributed by atoms with Crippen molar-refractivity contribution in [3.63, 3.8) is 0 Å². The molecule has 0 aliphatic carbocycles. The molecule has 1 aromatic rings. The Kier molecular flexibility index (Phi) is 4.58. The zero-order valence-electron chi connectivity index (χ0n) is 12.1. The van der Waals surface area contributed by atoms with Crippen molar-refractivity contribution in [1.82, 2.24) is 5.32 Å². The molecule has 2 unspecified atom stereocenters. The van der Waals surface area contributed by atoms with Gasteiger partial charge in [0.25, 0.3) is 0 Å². The maximum Gasteiger partial charge on any atom is 0.182 e. The van der Waals surface area contributed by atoms with E-state index in [2.05, 4.69) is 5.32 Å². The maximum absolute atomic E-state index is 14.0. The molecule has 2 nitrogen and oxygen atoms in total. The van der Waals surface area contributed by atoms with Crippen molar-refractivity contribution in [2.45, 2.75) is 39.3 Å². The van der Waals surface area contributed by atoms with Gasteiger partial charge in [-0.2, -0.15) is 0 Å². The summed E-state index contributed by atoms with van der Waals surface area (Å²) in [7, 11) is 0. The lowest BCUT2D eigenvalue weighted by molar-refractivity contribution is 0.329. The average Bonchev–Trinajstić information content (AvgIpc) is 2.42. The minimum Gasteiger partial charge on any atom is -0.363 e. The summed E-state index contributed by atoms with van der Waals surface area (Å²) in [5.41, 5.74) is 0.0288. The molecular weight excluding hydrogens is 265 g/mol. The van der Waals surface area contributed by atoms with Gasteiger partial charge < -0.3 is 10.2 Å². The lowest BCUT2D eigenvalue weighted by Crippen LogP contribution is -2.58. The Morgan fingerprint density at radius 3 is 2.60 bits per heavy atom. The summed E-state index contributed by atoms with van der Waals surface area (Å²) in [5, 5.41) is 3.40. The smallest absolute Gasteiger partial charge is 0.182 e. The molecule has 1 N–H and O–H groups in total. The highest BCUT2D eigenvalue weighted by Gasteiger charge is 2.31. The Bertz CT molecular complexity index is 476. The predicted octanol–water partition coefficient (Wildman–Crippen LogP) is 3.32. The van der Waals surface area contributed by atoms with E-state index in [1.807, 2.05) is 20.8 Å². The Labute approximate surface area is 118 Å². The van der Waals surface area contributed by atoms with E-state index < -0.39 is 17.5 Å². The number of nitrogens with zero attached hydrogens (tertiary/aromatic N) is 1. The molecule has 0 saturated carbocycles. The molecule has 0 spiro atoms. The van der Waals surface area contributed by atoms with Crippen LogP contribution in [0.4, 0.5) is 18.9 Å². The fourth-order valence-corrected chi connectivity index (χ4v) is 2.73. The van der Waals surface area contributed by atoms with Gasteiger partial charge >= 0.3 is 0 Å². The highest BCUT2D eigenvalue weighted by atomic mass is 19.2. The number of hydrogen-bond acceptors (Lipinski definition) is 2. The third-order valence-corrected chi connectivity index (χ3v) is 3.98. The van der Waals surface area contributed by atoms with E-state index in [0.29, 0.717) is 19.2 Å². The number of piperazine rings is 1. The van der Waals surface area contributed by atoms with Crippen molar-refractivity contribution >= 4 is 5.69 Å². The van der Waals surface area contributed by atoms with E-state index in [1.165, 1.54) is 0 Å². The van der Waals surface area contributed by atoms with E-state index in [4.69, 9.17) is 0 Å². The normalized spacial score (nSPS) is 23.4. The summed E-state index contributed by atoms with van der Waals surface area (Å²) >= 11 is 0. The topological polar surface area (TPSA) is 15.3 Å². The minimum atomic E-state index is -1.13. The van der Waals surface area contributed by atoms with Crippen LogP contribution in [0.2, 0.25) is 0 Å². The third kappa shape index (κ3) is 2.92. The summed E-state index contributed by atoms with van der Waals surface area (Å²) in [4.78, 5) is 1.80. The van der Waals surface area contributed by atoms with Crippen LogP contribution in [0.5, 0.6) is 0 Å². The van der Waals surface area contributed by atoms with Crippen LogP contribution in [0.3, 0.4) is 0 Å². The quantitative estimate of drug-likeness (QED) is 0.858. The second-order valence-electron chi connectivity index (χ2n) is 5.70. The molecule has 0 bridgehead atoms. The first kappa shape index (κ1) is 15.2. The summed E-state index contributed by atoms with van der Waals surface area (Å²) in [6, 6.07) is 1.90. The molecule has 1 fully saturated rings. The van der Waals surface area contributed by atoms with Gasteiger partial charge in [0.15, 0.2) is 11.6 Å². The second-order valence-corrected chi connectivity index (χ2v) is 5.70. The molecule has 0 radical (unpaired) electrons. The third-order valence-electron chi connectivity index (χ3n) is 3.98. The van der Waals surface area contributed by atoms with Crippen LogP contribution in [0.15, 0.2) is 12.1 Å². The first-order valence-electron chi connectivity index (χ1n) is 7.08. The van der Waals surface area contributed by atoms with Gasteiger partial charge in [-0.05, 0) is 12.3 Å². The fraction of sp³-hybridized carbons (Fsp3) is 0.600. The summed E-state index contributed by atoms with van der Waals surface area (Å²) in [6.45, 7) is 7.33. The van der Waals surface area contributed by atoms with E-state index >= 15 is 0 Å². The van der Waals surface area contributed by atoms with E-state index in [-0.39, 0.29) is 23.7 Å². The zero-order chi connectivity index (χ0) is 14.9. The van der Waals surface area contributed by atoms with Crippen molar-refractivity contribution in [2.75, 3.05) is 18.0 Å². The molecule has 1 aliphatic heterocycles. The molecule has 0 amide bonds. The summed E-state index contributed by atoms with van der Waals surface area (Å²) in [6.07, 6.45) is 0.890. The largest absolute Gasteiger partial charge is 0.363 e. The fourth-order valence-electron chi connectivity index (χ4n) is 2.73. The van der Waals surface area contributed by atoms with Crippen molar-refractivity contribution in [3.05, 3.63) is 29.6 Å². The van der Waals surface area contributed by atoms with Gasteiger partial charge in [0.1, 0.15) is 5.82 Å². The first-order chi connectivity index (χ1) is 9.43. The van der Waals surface area contributed by atoms with Gasteiger partial charge in [-0.15, -0.1) is 0 Å². The molecule has 0 aromatic heterocycles. The van der Waals surface area contributed by atoms with Crippen LogP contribution in [-0.2, 0) is 0 Å². The first-order valence-corrected chi connectivity index (χ1v) is 7.08. The van der Waals surface area contributed by atoms with Crippen molar-refractivity contribution in [1.29, 1.82) is 0 Å². The van der Waals surface area contributed by atoms with Crippen LogP contribution >= 0.6 is 0 Å². The summed E-state index contributed by atoms with van der Waals surface area (Å²) in [5.74, 6) is -2.58. The highest BCUT2D eigenvalue weighted by molar-refractivity contribution is 5.50. The van der Waals surface area contributed by atoms with Crippen LogP contribution in [0.25, 0.3) is 0 Å². The molecule has 1 aliphatic rings. The Morgan fingerprint density at radius 1 is 1.30 bits per heavy atom. The number of hydrogen-bond donors (Lipinski definition) is 1. The molecule has 1 aromatic carbocycles. The Hall–Kier alpha value is -1.23. The zero-order valence-corrected chi connectivity index (χ0v) is 12.1. The number of benzene rings is 1.